The van der Waals surface area contributed by atoms with Crippen LogP contribution in [0.25, 0.3) is 0 Å². The van der Waals surface area contributed by atoms with Gasteiger partial charge in [0, 0.05) is 6.42 Å². The standard InChI is InChI=1S/C5H6NOP/c6-8-7-5-3-1-2-4-5/h1-3,6H,4H2. The van der Waals surface area contributed by atoms with Gasteiger partial charge in [0.2, 0.25) is 8.60 Å². The fourth-order valence-electron chi connectivity index (χ4n) is 0.554. The Morgan fingerprint density at radius 2 is 2.62 bits per heavy atom. The van der Waals surface area contributed by atoms with Gasteiger partial charge in [0.25, 0.3) is 0 Å². The summed E-state index contributed by atoms with van der Waals surface area (Å²) in [4.78, 5) is 0. The van der Waals surface area contributed by atoms with Crippen LogP contribution in [0.15, 0.2) is 24.0 Å². The van der Waals surface area contributed by atoms with Gasteiger partial charge in [0.1, 0.15) is 5.76 Å². The first kappa shape index (κ1) is 5.52. The molecular weight excluding hydrogens is 121 g/mol. The zero-order valence-electron chi connectivity index (χ0n) is 4.29. The molecule has 1 N–H and O–H groups in total. The summed E-state index contributed by atoms with van der Waals surface area (Å²) in [6.07, 6.45) is 6.66. The van der Waals surface area contributed by atoms with Crippen molar-refractivity contribution in [3.63, 3.8) is 0 Å². The van der Waals surface area contributed by atoms with Gasteiger partial charge in [-0.3, -0.25) is 0 Å². The highest BCUT2D eigenvalue weighted by atomic mass is 31.1. The maximum absolute atomic E-state index is 6.65. The molecule has 8 heavy (non-hydrogen) atoms. The van der Waals surface area contributed by atoms with Gasteiger partial charge in [0.05, 0.1) is 0 Å². The molecule has 0 fully saturated rings. The summed E-state index contributed by atoms with van der Waals surface area (Å²) in [6.45, 7) is 0. The second-order valence-electron chi connectivity index (χ2n) is 1.45. The van der Waals surface area contributed by atoms with Gasteiger partial charge in [-0.25, -0.2) is 5.16 Å². The van der Waals surface area contributed by atoms with Gasteiger partial charge < -0.3 is 4.52 Å². The Hall–Kier alpha value is -0.620. The van der Waals surface area contributed by atoms with E-state index in [9.17, 15) is 0 Å². The SMILES string of the molecule is N=POC1=CC=CC1. The van der Waals surface area contributed by atoms with E-state index >= 15 is 0 Å². The minimum absolute atomic E-state index is 0.237. The van der Waals surface area contributed by atoms with E-state index in [4.69, 9.17) is 9.69 Å². The Morgan fingerprint density at radius 1 is 1.75 bits per heavy atom. The van der Waals surface area contributed by atoms with E-state index in [1.54, 1.807) is 0 Å². The summed E-state index contributed by atoms with van der Waals surface area (Å²) in [7, 11) is 0.237. The number of hydrogen-bond donors (Lipinski definition) is 1. The highest BCUT2D eigenvalue weighted by Gasteiger charge is 1.96. The Bertz CT molecular complexity index is 151. The molecule has 0 unspecified atom stereocenters. The van der Waals surface area contributed by atoms with Crippen LogP contribution in [0, 0.1) is 5.16 Å². The smallest absolute Gasteiger partial charge is 0.238 e. The van der Waals surface area contributed by atoms with E-state index in [2.05, 4.69) is 0 Å². The molecule has 3 heteroatoms. The van der Waals surface area contributed by atoms with Crippen molar-refractivity contribution in [1.29, 1.82) is 5.16 Å². The van der Waals surface area contributed by atoms with E-state index < -0.39 is 0 Å². The number of nitrogens with one attached hydrogen (secondary N) is 1. The molecule has 1 aliphatic carbocycles. The maximum atomic E-state index is 6.65. The van der Waals surface area contributed by atoms with Gasteiger partial charge in [0.15, 0.2) is 0 Å². The van der Waals surface area contributed by atoms with Crippen molar-refractivity contribution in [3.8, 4) is 0 Å². The molecule has 0 amide bonds. The van der Waals surface area contributed by atoms with Crippen LogP contribution < -0.4 is 0 Å². The summed E-state index contributed by atoms with van der Waals surface area (Å²) < 4.78 is 4.84. The molecule has 0 spiro atoms. The van der Waals surface area contributed by atoms with Crippen molar-refractivity contribution in [2.75, 3.05) is 0 Å². The molecular formula is C5H6NOP. The van der Waals surface area contributed by atoms with Crippen LogP contribution in [0.2, 0.25) is 0 Å². The molecule has 0 saturated heterocycles. The van der Waals surface area contributed by atoms with E-state index in [0.29, 0.717) is 0 Å². The molecule has 1 aliphatic rings. The van der Waals surface area contributed by atoms with Crippen molar-refractivity contribution >= 4 is 8.60 Å². The molecule has 0 heterocycles. The van der Waals surface area contributed by atoms with E-state index in [1.807, 2.05) is 18.2 Å². The summed E-state index contributed by atoms with van der Waals surface area (Å²) in [5, 5.41) is 6.65. The van der Waals surface area contributed by atoms with Crippen LogP contribution in [-0.4, -0.2) is 0 Å². The molecule has 0 bridgehead atoms. The molecule has 0 aliphatic heterocycles. The van der Waals surface area contributed by atoms with Crippen LogP contribution in [0.1, 0.15) is 6.42 Å². The minimum atomic E-state index is 0.237. The third-order valence-corrected chi connectivity index (χ3v) is 1.23. The van der Waals surface area contributed by atoms with Crippen LogP contribution in [0.3, 0.4) is 0 Å². The molecule has 0 saturated carbocycles. The third kappa shape index (κ3) is 1.17. The monoisotopic (exact) mass is 127 g/mol. The number of rotatable bonds is 2. The first-order chi connectivity index (χ1) is 3.93. The highest BCUT2D eigenvalue weighted by Crippen LogP contribution is 2.16. The Balaban J connectivity index is 2.39. The second kappa shape index (κ2) is 2.63. The molecule has 0 atom stereocenters. The Kier molecular flexibility index (Phi) is 1.81. The van der Waals surface area contributed by atoms with Crippen molar-refractivity contribution in [2.24, 2.45) is 0 Å². The lowest BCUT2D eigenvalue weighted by Crippen LogP contribution is -1.71. The average molecular weight is 127 g/mol. The van der Waals surface area contributed by atoms with Crippen LogP contribution in [-0.2, 0) is 4.52 Å². The van der Waals surface area contributed by atoms with Gasteiger partial charge in [-0.1, -0.05) is 12.2 Å². The van der Waals surface area contributed by atoms with E-state index in [0.717, 1.165) is 12.2 Å². The summed E-state index contributed by atoms with van der Waals surface area (Å²) in [6, 6.07) is 0. The largest absolute Gasteiger partial charge is 0.427 e. The normalized spacial score (nSPS) is 16.8. The molecule has 0 radical (unpaired) electrons. The minimum Gasteiger partial charge on any atom is -0.427 e. The van der Waals surface area contributed by atoms with E-state index in [1.165, 1.54) is 0 Å². The van der Waals surface area contributed by atoms with Crippen molar-refractivity contribution in [1.82, 2.24) is 0 Å². The first-order valence-electron chi connectivity index (χ1n) is 2.33. The lowest BCUT2D eigenvalue weighted by atomic mass is 10.4. The molecule has 1 rings (SSSR count). The lowest BCUT2D eigenvalue weighted by molar-refractivity contribution is 0.481. The Labute approximate surface area is 49.6 Å². The molecule has 0 aromatic rings. The fraction of sp³-hybridized carbons (Fsp3) is 0.200. The van der Waals surface area contributed by atoms with Gasteiger partial charge in [-0.15, -0.1) is 0 Å². The molecule has 2 nitrogen and oxygen atoms in total. The first-order valence-corrected chi connectivity index (χ1v) is 3.14. The molecule has 42 valence electrons. The highest BCUT2D eigenvalue weighted by molar-refractivity contribution is 7.18. The van der Waals surface area contributed by atoms with Crippen molar-refractivity contribution in [2.45, 2.75) is 6.42 Å². The van der Waals surface area contributed by atoms with Gasteiger partial charge in [-0.2, -0.15) is 0 Å². The quantitative estimate of drug-likeness (QED) is 0.568. The predicted molar refractivity (Wildman–Crippen MR) is 32.6 cm³/mol. The van der Waals surface area contributed by atoms with Crippen LogP contribution in [0.4, 0.5) is 0 Å². The van der Waals surface area contributed by atoms with Gasteiger partial charge in [-0.05, 0) is 6.08 Å². The lowest BCUT2D eigenvalue weighted by Gasteiger charge is -1.92. The van der Waals surface area contributed by atoms with Gasteiger partial charge >= 0.3 is 0 Å². The Morgan fingerprint density at radius 3 is 3.12 bits per heavy atom. The van der Waals surface area contributed by atoms with Crippen molar-refractivity contribution < 1.29 is 4.52 Å². The maximum Gasteiger partial charge on any atom is 0.238 e. The summed E-state index contributed by atoms with van der Waals surface area (Å²) in [5.74, 6) is 0.890. The van der Waals surface area contributed by atoms with Crippen molar-refractivity contribution in [3.05, 3.63) is 24.0 Å². The average Bonchev–Trinajstić information content (AvgIpc) is 2.19. The molecule has 0 aromatic heterocycles. The third-order valence-electron chi connectivity index (χ3n) is 0.900. The van der Waals surface area contributed by atoms with Crippen LogP contribution >= 0.6 is 8.60 Å². The summed E-state index contributed by atoms with van der Waals surface area (Å²) >= 11 is 0. The molecule has 0 aromatic carbocycles. The van der Waals surface area contributed by atoms with Crippen LogP contribution in [0.5, 0.6) is 0 Å². The zero-order valence-corrected chi connectivity index (χ0v) is 5.19. The number of allylic oxidation sites excluding steroid dienone is 3. The number of hydrogen-bond acceptors (Lipinski definition) is 2. The topological polar surface area (TPSA) is 33.1 Å². The predicted octanol–water partition coefficient (Wildman–Crippen LogP) is 2.47. The second-order valence-corrected chi connectivity index (χ2v) is 1.81. The summed E-state index contributed by atoms with van der Waals surface area (Å²) in [5.41, 5.74) is 0. The fourth-order valence-corrected chi connectivity index (χ4v) is 0.807. The zero-order chi connectivity index (χ0) is 5.82. The van der Waals surface area contributed by atoms with E-state index in [-0.39, 0.29) is 8.60 Å².